The summed E-state index contributed by atoms with van der Waals surface area (Å²) in [4.78, 5) is 4.42. The molecule has 2 aromatic rings. The number of methoxy groups -OCH3 is 2. The second kappa shape index (κ2) is 11.7. The van der Waals surface area contributed by atoms with Gasteiger partial charge in [-0.25, -0.2) is 4.99 Å². The molecule has 1 saturated carbocycles. The Morgan fingerprint density at radius 1 is 1.03 bits per heavy atom. The van der Waals surface area contributed by atoms with Gasteiger partial charge in [-0.2, -0.15) is 0 Å². The minimum Gasteiger partial charge on any atom is -0.493 e. The molecule has 0 spiro atoms. The lowest BCUT2D eigenvalue weighted by Crippen LogP contribution is -2.31. The number of nitrogens with two attached hydrogens (primary N) is 1. The highest BCUT2D eigenvalue weighted by atomic mass is 127. The highest BCUT2D eigenvalue weighted by Crippen LogP contribution is 2.28. The Balaban J connectivity index is 0.00000300. The van der Waals surface area contributed by atoms with Gasteiger partial charge < -0.3 is 25.3 Å². The van der Waals surface area contributed by atoms with Crippen molar-refractivity contribution >= 4 is 29.9 Å². The van der Waals surface area contributed by atoms with Crippen molar-refractivity contribution in [1.29, 1.82) is 0 Å². The molecule has 6 nitrogen and oxygen atoms in total. The third-order valence-corrected chi connectivity index (χ3v) is 4.91. The molecule has 0 aromatic heterocycles. The SMILES string of the molecule is COc1ccc(CN=C(N)NCc2ccccc2OC2CCCC2)cc1OC.I. The van der Waals surface area contributed by atoms with Crippen molar-refractivity contribution in [2.45, 2.75) is 44.9 Å². The number of nitrogens with zero attached hydrogens (tertiary/aromatic N) is 1. The number of para-hydroxylation sites is 1. The summed E-state index contributed by atoms with van der Waals surface area (Å²) in [7, 11) is 3.23. The van der Waals surface area contributed by atoms with Gasteiger partial charge in [0.05, 0.1) is 26.9 Å². The van der Waals surface area contributed by atoms with Crippen molar-refractivity contribution in [3.8, 4) is 17.2 Å². The van der Waals surface area contributed by atoms with Crippen molar-refractivity contribution in [3.05, 3.63) is 53.6 Å². The van der Waals surface area contributed by atoms with E-state index in [-0.39, 0.29) is 24.0 Å². The topological polar surface area (TPSA) is 78.1 Å². The second-order valence-corrected chi connectivity index (χ2v) is 6.88. The number of benzene rings is 2. The lowest BCUT2D eigenvalue weighted by Gasteiger charge is -2.17. The smallest absolute Gasteiger partial charge is 0.189 e. The van der Waals surface area contributed by atoms with E-state index < -0.39 is 0 Å². The molecule has 0 aliphatic heterocycles. The highest BCUT2D eigenvalue weighted by Gasteiger charge is 2.17. The van der Waals surface area contributed by atoms with Crippen LogP contribution in [0.15, 0.2) is 47.5 Å². The van der Waals surface area contributed by atoms with Gasteiger partial charge in [0.15, 0.2) is 17.5 Å². The van der Waals surface area contributed by atoms with Crippen molar-refractivity contribution in [3.63, 3.8) is 0 Å². The molecule has 7 heteroatoms. The zero-order chi connectivity index (χ0) is 19.8. The Hall–Kier alpha value is -2.16. The normalized spacial score (nSPS) is 14.2. The number of guanidine groups is 1. The van der Waals surface area contributed by atoms with Crippen LogP contribution >= 0.6 is 24.0 Å². The van der Waals surface area contributed by atoms with E-state index in [0.29, 0.717) is 36.7 Å². The fourth-order valence-electron chi connectivity index (χ4n) is 3.35. The Kier molecular flexibility index (Phi) is 9.37. The summed E-state index contributed by atoms with van der Waals surface area (Å²) in [5.41, 5.74) is 8.13. The molecule has 3 N–H and O–H groups in total. The predicted molar refractivity (Wildman–Crippen MR) is 126 cm³/mol. The van der Waals surface area contributed by atoms with E-state index in [2.05, 4.69) is 16.4 Å². The van der Waals surface area contributed by atoms with Crippen LogP contribution in [0.1, 0.15) is 36.8 Å². The standard InChI is InChI=1S/C22H29N3O3.HI/c1-26-20-12-11-16(13-21(20)27-2)14-24-22(23)25-15-17-7-3-6-10-19(17)28-18-8-4-5-9-18;/h3,6-7,10-13,18H,4-5,8-9,14-15H2,1-2H3,(H3,23,24,25);1H. The molecule has 0 bridgehead atoms. The molecule has 0 saturated heterocycles. The molecule has 3 rings (SSSR count). The Labute approximate surface area is 189 Å². The maximum Gasteiger partial charge on any atom is 0.189 e. The van der Waals surface area contributed by atoms with Crippen molar-refractivity contribution in [2.24, 2.45) is 10.7 Å². The third kappa shape index (κ3) is 6.69. The van der Waals surface area contributed by atoms with Gasteiger partial charge >= 0.3 is 0 Å². The van der Waals surface area contributed by atoms with Crippen LogP contribution in [0.2, 0.25) is 0 Å². The summed E-state index contributed by atoms with van der Waals surface area (Å²) in [5.74, 6) is 2.69. The molecule has 2 aromatic carbocycles. The van der Waals surface area contributed by atoms with Crippen molar-refractivity contribution < 1.29 is 14.2 Å². The third-order valence-electron chi connectivity index (χ3n) is 4.91. The maximum absolute atomic E-state index is 6.17. The Morgan fingerprint density at radius 3 is 2.48 bits per heavy atom. The molecule has 0 radical (unpaired) electrons. The summed E-state index contributed by atoms with van der Waals surface area (Å²) in [6.07, 6.45) is 5.10. The van der Waals surface area contributed by atoms with E-state index in [1.165, 1.54) is 12.8 Å². The Bertz CT molecular complexity index is 808. The first-order valence-corrected chi connectivity index (χ1v) is 9.69. The average Bonchev–Trinajstić information content (AvgIpc) is 3.24. The fourth-order valence-corrected chi connectivity index (χ4v) is 3.35. The molecule has 158 valence electrons. The summed E-state index contributed by atoms with van der Waals surface area (Å²) in [5, 5.41) is 3.18. The van der Waals surface area contributed by atoms with Gasteiger partial charge in [-0.15, -0.1) is 24.0 Å². The zero-order valence-corrected chi connectivity index (χ0v) is 19.3. The van der Waals surface area contributed by atoms with Crippen LogP contribution in [-0.4, -0.2) is 26.3 Å². The number of nitrogens with one attached hydrogen (secondary N) is 1. The highest BCUT2D eigenvalue weighted by molar-refractivity contribution is 14.0. The largest absolute Gasteiger partial charge is 0.493 e. The monoisotopic (exact) mass is 511 g/mol. The van der Waals surface area contributed by atoms with Crippen LogP contribution < -0.4 is 25.3 Å². The van der Waals surface area contributed by atoms with E-state index in [4.69, 9.17) is 19.9 Å². The molecule has 0 heterocycles. The van der Waals surface area contributed by atoms with Gasteiger partial charge in [-0.3, -0.25) is 0 Å². The van der Waals surface area contributed by atoms with E-state index >= 15 is 0 Å². The first-order valence-electron chi connectivity index (χ1n) is 9.69. The fraction of sp³-hybridized carbons (Fsp3) is 0.409. The molecule has 1 aliphatic carbocycles. The number of rotatable bonds is 8. The summed E-state index contributed by atoms with van der Waals surface area (Å²) in [6.45, 7) is 1.03. The van der Waals surface area contributed by atoms with Gasteiger partial charge in [-0.1, -0.05) is 24.3 Å². The lowest BCUT2D eigenvalue weighted by molar-refractivity contribution is 0.208. The predicted octanol–water partition coefficient (Wildman–Crippen LogP) is 4.25. The summed E-state index contributed by atoms with van der Waals surface area (Å²) < 4.78 is 16.7. The Morgan fingerprint density at radius 2 is 1.76 bits per heavy atom. The number of hydrogen-bond donors (Lipinski definition) is 2. The van der Waals surface area contributed by atoms with Gasteiger partial charge in [0.2, 0.25) is 0 Å². The van der Waals surface area contributed by atoms with Crippen LogP contribution in [0, 0.1) is 0 Å². The number of ether oxygens (including phenoxy) is 3. The molecule has 0 unspecified atom stereocenters. The molecule has 1 fully saturated rings. The van der Waals surface area contributed by atoms with Gasteiger partial charge in [0, 0.05) is 12.1 Å². The molecule has 0 atom stereocenters. The van der Waals surface area contributed by atoms with Crippen LogP contribution in [0.25, 0.3) is 0 Å². The summed E-state index contributed by atoms with van der Waals surface area (Å²) in [6, 6.07) is 13.8. The van der Waals surface area contributed by atoms with E-state index in [1.807, 2.05) is 36.4 Å². The minimum absolute atomic E-state index is 0. The molecule has 1 aliphatic rings. The first kappa shape index (κ1) is 23.1. The summed E-state index contributed by atoms with van der Waals surface area (Å²) >= 11 is 0. The van der Waals surface area contributed by atoms with Crippen LogP contribution in [-0.2, 0) is 13.1 Å². The van der Waals surface area contributed by atoms with E-state index in [0.717, 1.165) is 29.7 Å². The molecular weight excluding hydrogens is 481 g/mol. The first-order chi connectivity index (χ1) is 13.7. The van der Waals surface area contributed by atoms with Crippen LogP contribution in [0.3, 0.4) is 0 Å². The number of hydrogen-bond acceptors (Lipinski definition) is 4. The zero-order valence-electron chi connectivity index (χ0n) is 17.0. The van der Waals surface area contributed by atoms with Crippen LogP contribution in [0.4, 0.5) is 0 Å². The number of halogens is 1. The second-order valence-electron chi connectivity index (χ2n) is 6.88. The van der Waals surface area contributed by atoms with Gasteiger partial charge in [0.25, 0.3) is 0 Å². The lowest BCUT2D eigenvalue weighted by atomic mass is 10.2. The minimum atomic E-state index is 0. The molecular formula is C22H30IN3O3. The van der Waals surface area contributed by atoms with E-state index in [1.54, 1.807) is 14.2 Å². The van der Waals surface area contributed by atoms with E-state index in [9.17, 15) is 0 Å². The maximum atomic E-state index is 6.17. The molecule has 29 heavy (non-hydrogen) atoms. The quantitative estimate of drug-likeness (QED) is 0.315. The molecule has 0 amide bonds. The van der Waals surface area contributed by atoms with Crippen molar-refractivity contribution in [2.75, 3.05) is 14.2 Å². The van der Waals surface area contributed by atoms with Crippen LogP contribution in [0.5, 0.6) is 17.2 Å². The number of aliphatic imine (C=N–C) groups is 1. The average molecular weight is 511 g/mol. The van der Waals surface area contributed by atoms with Gasteiger partial charge in [-0.05, 0) is 49.4 Å². The van der Waals surface area contributed by atoms with Gasteiger partial charge in [0.1, 0.15) is 5.75 Å². The van der Waals surface area contributed by atoms with Crippen molar-refractivity contribution in [1.82, 2.24) is 5.32 Å².